The molecule has 0 radical (unpaired) electrons. The van der Waals surface area contributed by atoms with Crippen LogP contribution in [0.1, 0.15) is 39.5 Å². The predicted octanol–water partition coefficient (Wildman–Crippen LogP) is 2.49. The highest BCUT2D eigenvalue weighted by Crippen LogP contribution is 2.27. The third kappa shape index (κ3) is 4.34. The number of nitrogens with one attached hydrogen (secondary N) is 3. The van der Waals surface area contributed by atoms with E-state index in [1.165, 1.54) is 0 Å². The summed E-state index contributed by atoms with van der Waals surface area (Å²) in [6.07, 6.45) is 4.17. The Balaban J connectivity index is 1.51. The maximum Gasteiger partial charge on any atom is 0.228 e. The van der Waals surface area contributed by atoms with Gasteiger partial charge in [-0.05, 0) is 51.7 Å². The van der Waals surface area contributed by atoms with E-state index < -0.39 is 15.3 Å². The van der Waals surface area contributed by atoms with E-state index in [-0.39, 0.29) is 17.9 Å². The summed E-state index contributed by atoms with van der Waals surface area (Å²) in [6.45, 7) is 3.31. The first-order chi connectivity index (χ1) is 12.3. The van der Waals surface area contributed by atoms with Gasteiger partial charge in [-0.1, -0.05) is 0 Å². The van der Waals surface area contributed by atoms with E-state index in [1.54, 1.807) is 38.3 Å². The highest BCUT2D eigenvalue weighted by atomic mass is 32.2. The Morgan fingerprint density at radius 3 is 2.65 bits per heavy atom. The summed E-state index contributed by atoms with van der Waals surface area (Å²) in [4.78, 5) is 12.4. The Hall–Kier alpha value is -2.13. The van der Waals surface area contributed by atoms with Gasteiger partial charge in [0.15, 0.2) is 11.6 Å². The van der Waals surface area contributed by atoms with Crippen LogP contribution in [0.25, 0.3) is 11.5 Å². The lowest BCUT2D eigenvalue weighted by atomic mass is 9.86. The summed E-state index contributed by atoms with van der Waals surface area (Å²) in [5, 5.41) is 9.27. The highest BCUT2D eigenvalue weighted by Gasteiger charge is 2.29. The molecule has 2 heterocycles. The normalized spacial score (nSPS) is 21.0. The van der Waals surface area contributed by atoms with Gasteiger partial charge < -0.3 is 9.73 Å². The Kier molecular flexibility index (Phi) is 5.47. The molecule has 2 aromatic heterocycles. The Bertz CT molecular complexity index is 834. The molecule has 0 unspecified atom stereocenters. The minimum absolute atomic E-state index is 0.0901. The van der Waals surface area contributed by atoms with Crippen LogP contribution < -0.4 is 10.0 Å². The van der Waals surface area contributed by atoms with Gasteiger partial charge in [0, 0.05) is 18.0 Å². The molecule has 8 nitrogen and oxygen atoms in total. The molecule has 0 saturated heterocycles. The number of H-pyrrole nitrogens is 1. The number of anilines is 1. The molecule has 1 aliphatic rings. The number of furan rings is 1. The molecule has 0 atom stereocenters. The number of hydrogen-bond donors (Lipinski definition) is 3. The predicted molar refractivity (Wildman–Crippen MR) is 97.9 cm³/mol. The molecule has 1 fully saturated rings. The fourth-order valence-electron chi connectivity index (χ4n) is 3.01. The molecule has 26 heavy (non-hydrogen) atoms. The van der Waals surface area contributed by atoms with Gasteiger partial charge in [-0.2, -0.15) is 5.10 Å². The van der Waals surface area contributed by atoms with E-state index in [0.29, 0.717) is 43.0 Å². The standard InChI is InChI=1S/C17H24N4O4S/c1-11(2)26(23,24)21-13-7-5-12(6-8-13)17(22)18-16-10-14(19-20-16)15-4-3-9-25-15/h3-4,9-13,21H,5-8H2,1-2H3,(H2,18,19,20,22). The fraction of sp³-hybridized carbons (Fsp3) is 0.529. The van der Waals surface area contributed by atoms with Crippen molar-refractivity contribution in [3.8, 4) is 11.5 Å². The number of rotatable bonds is 6. The summed E-state index contributed by atoms with van der Waals surface area (Å²) in [5.41, 5.74) is 0.692. The van der Waals surface area contributed by atoms with Crippen molar-refractivity contribution in [2.45, 2.75) is 50.8 Å². The lowest BCUT2D eigenvalue weighted by molar-refractivity contribution is -0.120. The van der Waals surface area contributed by atoms with Crippen LogP contribution in [0.4, 0.5) is 5.82 Å². The number of sulfonamides is 1. The second-order valence-electron chi connectivity index (χ2n) is 6.89. The van der Waals surface area contributed by atoms with Crippen LogP contribution in [0.3, 0.4) is 0 Å². The lowest BCUT2D eigenvalue weighted by Crippen LogP contribution is -2.42. The van der Waals surface area contributed by atoms with Crippen LogP contribution in [-0.2, 0) is 14.8 Å². The van der Waals surface area contributed by atoms with Gasteiger partial charge in [-0.15, -0.1) is 0 Å². The second kappa shape index (κ2) is 7.63. The molecule has 1 amide bonds. The third-order valence-corrected chi connectivity index (χ3v) is 6.57. The van der Waals surface area contributed by atoms with Gasteiger partial charge in [-0.25, -0.2) is 13.1 Å². The average Bonchev–Trinajstić information content (AvgIpc) is 3.26. The van der Waals surface area contributed by atoms with E-state index in [2.05, 4.69) is 20.2 Å². The lowest BCUT2D eigenvalue weighted by Gasteiger charge is -2.28. The van der Waals surface area contributed by atoms with Gasteiger partial charge in [0.1, 0.15) is 5.69 Å². The number of aromatic nitrogens is 2. The summed E-state index contributed by atoms with van der Waals surface area (Å²) < 4.78 is 31.9. The Morgan fingerprint density at radius 1 is 1.31 bits per heavy atom. The van der Waals surface area contributed by atoms with Gasteiger partial charge in [0.2, 0.25) is 15.9 Å². The van der Waals surface area contributed by atoms with E-state index in [9.17, 15) is 13.2 Å². The molecule has 1 saturated carbocycles. The molecule has 0 aliphatic heterocycles. The zero-order valence-corrected chi connectivity index (χ0v) is 15.7. The third-order valence-electron chi connectivity index (χ3n) is 4.67. The monoisotopic (exact) mass is 380 g/mol. The topological polar surface area (TPSA) is 117 Å². The van der Waals surface area contributed by atoms with Crippen LogP contribution in [0.15, 0.2) is 28.9 Å². The zero-order valence-electron chi connectivity index (χ0n) is 14.9. The van der Waals surface area contributed by atoms with Crippen LogP contribution in [0.5, 0.6) is 0 Å². The SMILES string of the molecule is CC(C)S(=O)(=O)NC1CCC(C(=O)Nc2cc(-c3ccco3)[nH]n2)CC1. The van der Waals surface area contributed by atoms with Crippen molar-refractivity contribution in [3.05, 3.63) is 24.5 Å². The van der Waals surface area contributed by atoms with Gasteiger partial charge in [0.25, 0.3) is 0 Å². The maximum atomic E-state index is 12.4. The molecule has 3 rings (SSSR count). The minimum atomic E-state index is -3.28. The van der Waals surface area contributed by atoms with Crippen molar-refractivity contribution < 1.29 is 17.6 Å². The van der Waals surface area contributed by atoms with Crippen molar-refractivity contribution >= 4 is 21.7 Å². The molecule has 0 bridgehead atoms. The number of carbonyl (C=O) groups is 1. The van der Waals surface area contributed by atoms with E-state index in [0.717, 1.165) is 0 Å². The largest absolute Gasteiger partial charge is 0.463 e. The van der Waals surface area contributed by atoms with Crippen molar-refractivity contribution in [2.24, 2.45) is 5.92 Å². The molecule has 142 valence electrons. The van der Waals surface area contributed by atoms with Crippen LogP contribution >= 0.6 is 0 Å². The quantitative estimate of drug-likeness (QED) is 0.712. The molecular weight excluding hydrogens is 356 g/mol. The summed E-state index contributed by atoms with van der Waals surface area (Å²) in [7, 11) is -3.28. The first-order valence-corrected chi connectivity index (χ1v) is 10.3. The van der Waals surface area contributed by atoms with Crippen LogP contribution in [-0.4, -0.2) is 35.8 Å². The van der Waals surface area contributed by atoms with E-state index in [4.69, 9.17) is 4.42 Å². The van der Waals surface area contributed by atoms with Gasteiger partial charge in [-0.3, -0.25) is 9.89 Å². The first kappa shape index (κ1) is 18.7. The first-order valence-electron chi connectivity index (χ1n) is 8.76. The van der Waals surface area contributed by atoms with Crippen molar-refractivity contribution in [1.82, 2.24) is 14.9 Å². The van der Waals surface area contributed by atoms with Crippen molar-refractivity contribution in [3.63, 3.8) is 0 Å². The fourth-order valence-corrected chi connectivity index (χ4v) is 3.99. The molecule has 3 N–H and O–H groups in total. The second-order valence-corrected chi connectivity index (χ2v) is 9.16. The Morgan fingerprint density at radius 2 is 2.04 bits per heavy atom. The van der Waals surface area contributed by atoms with Crippen molar-refractivity contribution in [2.75, 3.05) is 5.32 Å². The minimum Gasteiger partial charge on any atom is -0.463 e. The highest BCUT2D eigenvalue weighted by molar-refractivity contribution is 7.90. The number of hydrogen-bond acceptors (Lipinski definition) is 5. The molecule has 2 aromatic rings. The number of aromatic amines is 1. The van der Waals surface area contributed by atoms with Crippen LogP contribution in [0.2, 0.25) is 0 Å². The molecule has 0 spiro atoms. The average molecular weight is 380 g/mol. The van der Waals surface area contributed by atoms with E-state index >= 15 is 0 Å². The maximum absolute atomic E-state index is 12.4. The van der Waals surface area contributed by atoms with Crippen molar-refractivity contribution in [1.29, 1.82) is 0 Å². The molecule has 1 aliphatic carbocycles. The molecule has 0 aromatic carbocycles. The van der Waals surface area contributed by atoms with Gasteiger partial charge >= 0.3 is 0 Å². The summed E-state index contributed by atoms with van der Waals surface area (Å²) in [5.74, 6) is 0.867. The number of nitrogens with zero attached hydrogens (tertiary/aromatic N) is 1. The zero-order chi connectivity index (χ0) is 18.7. The summed E-state index contributed by atoms with van der Waals surface area (Å²) in [6, 6.07) is 5.21. The van der Waals surface area contributed by atoms with E-state index in [1.807, 2.05) is 0 Å². The smallest absolute Gasteiger partial charge is 0.228 e. The Labute approximate surface area is 152 Å². The number of amides is 1. The summed E-state index contributed by atoms with van der Waals surface area (Å²) >= 11 is 0. The molecular formula is C17H24N4O4S. The van der Waals surface area contributed by atoms with Crippen LogP contribution in [0, 0.1) is 5.92 Å². The van der Waals surface area contributed by atoms with Gasteiger partial charge in [0.05, 0.1) is 11.5 Å². The molecule has 9 heteroatoms. The number of carbonyl (C=O) groups excluding carboxylic acids is 1.